The highest BCUT2D eigenvalue weighted by Crippen LogP contribution is 1.89. The van der Waals surface area contributed by atoms with E-state index in [1.165, 1.54) is 4.90 Å². The summed E-state index contributed by atoms with van der Waals surface area (Å²) in [5.41, 5.74) is 0. The van der Waals surface area contributed by atoms with Crippen LogP contribution in [0.2, 0.25) is 0 Å². The summed E-state index contributed by atoms with van der Waals surface area (Å²) in [6, 6.07) is 0. The quantitative estimate of drug-likeness (QED) is 0.545. The minimum Gasteiger partial charge on any atom is -0.342 e. The van der Waals surface area contributed by atoms with E-state index in [-0.39, 0.29) is 12.5 Å². The molecule has 4 heteroatoms. The van der Waals surface area contributed by atoms with Gasteiger partial charge < -0.3 is 9.80 Å². The Morgan fingerprint density at radius 3 is 2.17 bits per heavy atom. The Hall–Kier alpha value is -1.06. The van der Waals surface area contributed by atoms with Crippen LogP contribution in [0.5, 0.6) is 0 Å². The van der Waals surface area contributed by atoms with Crippen LogP contribution in [-0.2, 0) is 9.59 Å². The summed E-state index contributed by atoms with van der Waals surface area (Å²) < 4.78 is 0. The molecule has 0 aromatic heterocycles. The molecule has 4 nitrogen and oxygen atoms in total. The topological polar surface area (TPSA) is 40.6 Å². The molecule has 0 atom stereocenters. The highest BCUT2D eigenvalue weighted by atomic mass is 16.2. The number of amides is 2. The van der Waals surface area contributed by atoms with Crippen LogP contribution in [0, 0.1) is 0 Å². The lowest BCUT2D eigenvalue weighted by atomic mass is 10.4. The zero-order chi connectivity index (χ0) is 9.56. The van der Waals surface area contributed by atoms with E-state index in [4.69, 9.17) is 0 Å². The van der Waals surface area contributed by atoms with Gasteiger partial charge in [-0.15, -0.1) is 0 Å². The van der Waals surface area contributed by atoms with Crippen LogP contribution in [0.25, 0.3) is 0 Å². The number of hydrogen-bond donors (Lipinski definition) is 0. The molecule has 0 aliphatic carbocycles. The summed E-state index contributed by atoms with van der Waals surface area (Å²) in [5, 5.41) is 0. The van der Waals surface area contributed by atoms with Crippen molar-refractivity contribution in [2.75, 3.05) is 26.7 Å². The first kappa shape index (κ1) is 10.9. The standard InChI is InChI=1S/C8H16N2O2/c1-4-10(5-2)8(12)6-9(3)7-11/h7H,4-6H2,1-3H3. The predicted molar refractivity (Wildman–Crippen MR) is 46.6 cm³/mol. The Bertz CT molecular complexity index is 155. The van der Waals surface area contributed by atoms with Gasteiger partial charge in [-0.05, 0) is 13.8 Å². The first-order valence-electron chi connectivity index (χ1n) is 4.09. The van der Waals surface area contributed by atoms with Crippen LogP contribution in [0.1, 0.15) is 13.8 Å². The first-order chi connectivity index (χ1) is 5.65. The normalized spacial score (nSPS) is 9.25. The molecule has 0 aliphatic rings. The highest BCUT2D eigenvalue weighted by molar-refractivity contribution is 5.79. The van der Waals surface area contributed by atoms with E-state index < -0.39 is 0 Å². The summed E-state index contributed by atoms with van der Waals surface area (Å²) in [6.45, 7) is 5.40. The minimum atomic E-state index is -0.00500. The number of hydrogen-bond acceptors (Lipinski definition) is 2. The summed E-state index contributed by atoms with van der Waals surface area (Å²) in [5.74, 6) is -0.00500. The molecule has 0 heterocycles. The van der Waals surface area contributed by atoms with Crippen LogP contribution in [0.4, 0.5) is 0 Å². The van der Waals surface area contributed by atoms with Gasteiger partial charge in [0.2, 0.25) is 12.3 Å². The van der Waals surface area contributed by atoms with E-state index in [0.717, 1.165) is 0 Å². The number of nitrogens with zero attached hydrogens (tertiary/aromatic N) is 2. The van der Waals surface area contributed by atoms with Crippen molar-refractivity contribution in [1.29, 1.82) is 0 Å². The van der Waals surface area contributed by atoms with Crippen LogP contribution >= 0.6 is 0 Å². The van der Waals surface area contributed by atoms with Gasteiger partial charge in [-0.3, -0.25) is 9.59 Å². The molecule has 12 heavy (non-hydrogen) atoms. The molecule has 0 N–H and O–H groups in total. The number of carbonyl (C=O) groups excluding carboxylic acids is 2. The molecule has 0 aliphatic heterocycles. The first-order valence-corrected chi connectivity index (χ1v) is 4.09. The molecule has 0 bridgehead atoms. The lowest BCUT2D eigenvalue weighted by Crippen LogP contribution is -2.38. The molecule has 0 radical (unpaired) electrons. The smallest absolute Gasteiger partial charge is 0.242 e. The van der Waals surface area contributed by atoms with Gasteiger partial charge in [0, 0.05) is 20.1 Å². The predicted octanol–water partition coefficient (Wildman–Crippen LogP) is -0.0570. The van der Waals surface area contributed by atoms with Gasteiger partial charge in [0.05, 0.1) is 6.54 Å². The zero-order valence-electron chi connectivity index (χ0n) is 7.91. The van der Waals surface area contributed by atoms with E-state index in [0.29, 0.717) is 19.5 Å². The fraction of sp³-hybridized carbons (Fsp3) is 0.750. The van der Waals surface area contributed by atoms with E-state index in [2.05, 4.69) is 0 Å². The summed E-state index contributed by atoms with van der Waals surface area (Å²) in [4.78, 5) is 24.5. The molecule has 0 unspecified atom stereocenters. The second-order valence-corrected chi connectivity index (χ2v) is 2.59. The largest absolute Gasteiger partial charge is 0.342 e. The maximum Gasteiger partial charge on any atom is 0.242 e. The van der Waals surface area contributed by atoms with Gasteiger partial charge in [-0.25, -0.2) is 0 Å². The average molecular weight is 172 g/mol. The SMILES string of the molecule is CCN(CC)C(=O)CN(C)C=O. The second kappa shape index (κ2) is 5.57. The van der Waals surface area contributed by atoms with Gasteiger partial charge in [0.25, 0.3) is 0 Å². The fourth-order valence-electron chi connectivity index (χ4n) is 0.927. The van der Waals surface area contributed by atoms with Crippen LogP contribution in [-0.4, -0.2) is 48.8 Å². The third kappa shape index (κ3) is 3.37. The van der Waals surface area contributed by atoms with Crippen molar-refractivity contribution in [2.45, 2.75) is 13.8 Å². The maximum absolute atomic E-state index is 11.3. The molecule has 0 saturated heterocycles. The monoisotopic (exact) mass is 172 g/mol. The zero-order valence-corrected chi connectivity index (χ0v) is 7.91. The van der Waals surface area contributed by atoms with Gasteiger partial charge >= 0.3 is 0 Å². The molecule has 0 rings (SSSR count). The second-order valence-electron chi connectivity index (χ2n) is 2.59. The molecule has 70 valence electrons. The Morgan fingerprint density at radius 1 is 1.33 bits per heavy atom. The Balaban J connectivity index is 3.92. The van der Waals surface area contributed by atoms with Gasteiger partial charge in [0.1, 0.15) is 0 Å². The lowest BCUT2D eigenvalue weighted by Gasteiger charge is -2.20. The van der Waals surface area contributed by atoms with Crippen molar-refractivity contribution in [3.63, 3.8) is 0 Å². The number of likely N-dealkylation sites (N-methyl/N-ethyl adjacent to an activating group) is 2. The maximum atomic E-state index is 11.3. The molecule has 0 spiro atoms. The van der Waals surface area contributed by atoms with E-state index in [1.54, 1.807) is 11.9 Å². The molecule has 2 amide bonds. The Labute approximate surface area is 73.1 Å². The van der Waals surface area contributed by atoms with Crippen molar-refractivity contribution in [3.05, 3.63) is 0 Å². The van der Waals surface area contributed by atoms with Crippen molar-refractivity contribution in [1.82, 2.24) is 9.80 Å². The molecular formula is C8H16N2O2. The van der Waals surface area contributed by atoms with E-state index >= 15 is 0 Å². The fourth-order valence-corrected chi connectivity index (χ4v) is 0.927. The van der Waals surface area contributed by atoms with Crippen molar-refractivity contribution >= 4 is 12.3 Å². The van der Waals surface area contributed by atoms with Crippen LogP contribution < -0.4 is 0 Å². The molecule has 0 fully saturated rings. The van der Waals surface area contributed by atoms with Crippen LogP contribution in [0.3, 0.4) is 0 Å². The number of rotatable bonds is 5. The number of carbonyl (C=O) groups is 2. The minimum absolute atomic E-state index is 0.00500. The van der Waals surface area contributed by atoms with E-state index in [1.807, 2.05) is 13.8 Å². The Kier molecular flexibility index (Phi) is 5.08. The van der Waals surface area contributed by atoms with Crippen molar-refractivity contribution in [3.8, 4) is 0 Å². The lowest BCUT2D eigenvalue weighted by molar-refractivity contribution is -0.134. The average Bonchev–Trinajstić information content (AvgIpc) is 2.06. The van der Waals surface area contributed by atoms with Gasteiger partial charge in [-0.2, -0.15) is 0 Å². The highest BCUT2D eigenvalue weighted by Gasteiger charge is 2.10. The van der Waals surface area contributed by atoms with Gasteiger partial charge in [0.15, 0.2) is 0 Å². The molecule has 0 aromatic carbocycles. The van der Waals surface area contributed by atoms with E-state index in [9.17, 15) is 9.59 Å². The summed E-state index contributed by atoms with van der Waals surface area (Å²) in [6.07, 6.45) is 0.654. The molecular weight excluding hydrogens is 156 g/mol. The Morgan fingerprint density at radius 2 is 1.83 bits per heavy atom. The molecule has 0 aromatic rings. The van der Waals surface area contributed by atoms with Crippen molar-refractivity contribution < 1.29 is 9.59 Å². The summed E-state index contributed by atoms with van der Waals surface area (Å²) in [7, 11) is 1.59. The summed E-state index contributed by atoms with van der Waals surface area (Å²) >= 11 is 0. The third-order valence-corrected chi connectivity index (χ3v) is 1.68. The van der Waals surface area contributed by atoms with Crippen LogP contribution in [0.15, 0.2) is 0 Å². The van der Waals surface area contributed by atoms with Gasteiger partial charge in [-0.1, -0.05) is 0 Å². The van der Waals surface area contributed by atoms with Crippen molar-refractivity contribution in [2.24, 2.45) is 0 Å². The molecule has 0 saturated carbocycles. The third-order valence-electron chi connectivity index (χ3n) is 1.68.